The van der Waals surface area contributed by atoms with E-state index in [0.29, 0.717) is 12.8 Å². The van der Waals surface area contributed by atoms with Crippen molar-refractivity contribution in [2.24, 2.45) is 5.11 Å². The Hall–Kier alpha value is -1.72. The SMILES string of the molecule is CCC/C(C(=O)OCC)=C(\N=N)C(=O)OCC. The van der Waals surface area contributed by atoms with E-state index in [4.69, 9.17) is 15.0 Å². The molecule has 17 heavy (non-hydrogen) atoms. The normalized spacial score (nSPS) is 11.5. The molecule has 0 bridgehead atoms. The van der Waals surface area contributed by atoms with Crippen molar-refractivity contribution in [1.82, 2.24) is 0 Å². The molecule has 0 radical (unpaired) electrons. The number of nitrogens with one attached hydrogen (secondary N) is 1. The van der Waals surface area contributed by atoms with Gasteiger partial charge in [0, 0.05) is 0 Å². The van der Waals surface area contributed by atoms with Gasteiger partial charge in [-0.2, -0.15) is 5.11 Å². The lowest BCUT2D eigenvalue weighted by atomic mass is 10.1. The zero-order chi connectivity index (χ0) is 13.3. The van der Waals surface area contributed by atoms with Crippen LogP contribution in [0.1, 0.15) is 33.6 Å². The van der Waals surface area contributed by atoms with Gasteiger partial charge in [0.15, 0.2) is 5.70 Å². The van der Waals surface area contributed by atoms with E-state index in [9.17, 15) is 9.59 Å². The Labute approximate surface area is 100 Å². The van der Waals surface area contributed by atoms with E-state index in [0.717, 1.165) is 0 Å². The lowest BCUT2D eigenvalue weighted by Gasteiger charge is -2.08. The van der Waals surface area contributed by atoms with Gasteiger partial charge in [0.1, 0.15) is 0 Å². The summed E-state index contributed by atoms with van der Waals surface area (Å²) < 4.78 is 9.55. The van der Waals surface area contributed by atoms with Gasteiger partial charge < -0.3 is 9.47 Å². The largest absolute Gasteiger partial charge is 0.463 e. The van der Waals surface area contributed by atoms with Crippen molar-refractivity contribution >= 4 is 11.9 Å². The highest BCUT2D eigenvalue weighted by Gasteiger charge is 2.22. The molecule has 6 heteroatoms. The monoisotopic (exact) mass is 242 g/mol. The minimum atomic E-state index is -0.765. The molecule has 0 atom stereocenters. The summed E-state index contributed by atoms with van der Waals surface area (Å²) in [6.45, 7) is 5.54. The van der Waals surface area contributed by atoms with Crippen LogP contribution < -0.4 is 0 Å². The fourth-order valence-corrected chi connectivity index (χ4v) is 1.22. The summed E-state index contributed by atoms with van der Waals surface area (Å²) in [5.41, 5.74) is 6.79. The van der Waals surface area contributed by atoms with Crippen molar-refractivity contribution in [2.75, 3.05) is 13.2 Å². The maximum atomic E-state index is 11.6. The minimum Gasteiger partial charge on any atom is -0.463 e. The van der Waals surface area contributed by atoms with Crippen LogP contribution in [0.4, 0.5) is 0 Å². The molecule has 0 aliphatic rings. The number of nitrogens with zero attached hydrogens (tertiary/aromatic N) is 1. The van der Waals surface area contributed by atoms with Crippen LogP contribution in [0.25, 0.3) is 0 Å². The topological polar surface area (TPSA) is 88.8 Å². The van der Waals surface area contributed by atoms with Crippen molar-refractivity contribution in [3.63, 3.8) is 0 Å². The molecule has 0 aromatic heterocycles. The van der Waals surface area contributed by atoms with E-state index in [1.807, 2.05) is 6.92 Å². The fourth-order valence-electron chi connectivity index (χ4n) is 1.22. The van der Waals surface area contributed by atoms with Crippen molar-refractivity contribution in [3.8, 4) is 0 Å². The zero-order valence-electron chi connectivity index (χ0n) is 10.4. The average molecular weight is 242 g/mol. The number of ether oxygens (including phenoxy) is 2. The van der Waals surface area contributed by atoms with Crippen LogP contribution in [0.3, 0.4) is 0 Å². The molecule has 0 aliphatic heterocycles. The van der Waals surface area contributed by atoms with Gasteiger partial charge in [0.25, 0.3) is 0 Å². The predicted molar refractivity (Wildman–Crippen MR) is 60.3 cm³/mol. The third-order valence-corrected chi connectivity index (χ3v) is 1.89. The first-order chi connectivity index (χ1) is 8.12. The van der Waals surface area contributed by atoms with E-state index < -0.39 is 11.9 Å². The van der Waals surface area contributed by atoms with Gasteiger partial charge in [-0.15, -0.1) is 0 Å². The number of hydrogen-bond acceptors (Lipinski definition) is 6. The smallest absolute Gasteiger partial charge is 0.359 e. The lowest BCUT2D eigenvalue weighted by Crippen LogP contribution is -2.15. The number of carbonyl (C=O) groups is 2. The average Bonchev–Trinajstić information content (AvgIpc) is 2.29. The molecule has 0 aromatic carbocycles. The van der Waals surface area contributed by atoms with E-state index >= 15 is 0 Å². The summed E-state index contributed by atoms with van der Waals surface area (Å²) in [6.07, 6.45) is 0.974. The molecule has 0 spiro atoms. The molecule has 0 aliphatic carbocycles. The number of carbonyl (C=O) groups excluding carboxylic acids is 2. The Bertz CT molecular complexity index is 323. The van der Waals surface area contributed by atoms with Gasteiger partial charge in [-0.3, -0.25) is 0 Å². The van der Waals surface area contributed by atoms with Crippen LogP contribution in [0, 0.1) is 5.53 Å². The van der Waals surface area contributed by atoms with Crippen LogP contribution in [0.15, 0.2) is 16.4 Å². The highest BCUT2D eigenvalue weighted by Crippen LogP contribution is 2.16. The van der Waals surface area contributed by atoms with E-state index in [1.165, 1.54) is 0 Å². The second-order valence-corrected chi connectivity index (χ2v) is 3.13. The standard InChI is InChI=1S/C11H18N2O4/c1-4-7-8(10(14)16-5-2)9(13-12)11(15)17-6-3/h12H,4-7H2,1-3H3/b9-8+,13-12?. The quantitative estimate of drug-likeness (QED) is 0.421. The van der Waals surface area contributed by atoms with Crippen LogP contribution >= 0.6 is 0 Å². The summed E-state index contributed by atoms with van der Waals surface area (Å²) in [4.78, 5) is 23.1. The summed E-state index contributed by atoms with van der Waals surface area (Å²) in [7, 11) is 0. The third-order valence-electron chi connectivity index (χ3n) is 1.89. The van der Waals surface area contributed by atoms with Crippen LogP contribution in [-0.4, -0.2) is 25.2 Å². The molecule has 0 fully saturated rings. The number of rotatable bonds is 7. The highest BCUT2D eigenvalue weighted by molar-refractivity contribution is 6.00. The Morgan fingerprint density at radius 1 is 1.06 bits per heavy atom. The molecule has 0 heterocycles. The van der Waals surface area contributed by atoms with E-state index in [2.05, 4.69) is 5.11 Å². The summed E-state index contributed by atoms with van der Waals surface area (Å²) in [6, 6.07) is 0. The molecule has 0 amide bonds. The fraction of sp³-hybridized carbons (Fsp3) is 0.636. The minimum absolute atomic E-state index is 0.0998. The first-order valence-corrected chi connectivity index (χ1v) is 5.57. The molecule has 96 valence electrons. The predicted octanol–water partition coefficient (Wildman–Crippen LogP) is 2.20. The summed E-state index contributed by atoms with van der Waals surface area (Å²) in [5, 5.41) is 3.08. The van der Waals surface area contributed by atoms with Crippen molar-refractivity contribution in [1.29, 1.82) is 5.53 Å². The number of hydrogen-bond donors (Lipinski definition) is 1. The number of esters is 2. The van der Waals surface area contributed by atoms with E-state index in [-0.39, 0.29) is 24.5 Å². The van der Waals surface area contributed by atoms with Gasteiger partial charge in [-0.25, -0.2) is 15.1 Å². The molecule has 0 aromatic rings. The van der Waals surface area contributed by atoms with Crippen LogP contribution in [0.2, 0.25) is 0 Å². The van der Waals surface area contributed by atoms with Gasteiger partial charge in [0.2, 0.25) is 0 Å². The summed E-state index contributed by atoms with van der Waals surface area (Å²) >= 11 is 0. The Balaban J connectivity index is 5.21. The van der Waals surface area contributed by atoms with E-state index in [1.54, 1.807) is 13.8 Å². The first-order valence-electron chi connectivity index (χ1n) is 5.57. The van der Waals surface area contributed by atoms with Gasteiger partial charge in [-0.1, -0.05) is 13.3 Å². The molecule has 0 rings (SSSR count). The maximum absolute atomic E-state index is 11.6. The first kappa shape index (κ1) is 15.3. The molecule has 0 unspecified atom stereocenters. The summed E-state index contributed by atoms with van der Waals surface area (Å²) in [5.74, 6) is -1.38. The molecule has 0 saturated heterocycles. The zero-order valence-corrected chi connectivity index (χ0v) is 10.4. The molecule has 6 nitrogen and oxygen atoms in total. The molecule has 0 saturated carbocycles. The highest BCUT2D eigenvalue weighted by atomic mass is 16.5. The van der Waals surface area contributed by atoms with Crippen molar-refractivity contribution in [2.45, 2.75) is 33.6 Å². The van der Waals surface area contributed by atoms with Gasteiger partial charge in [0.05, 0.1) is 18.8 Å². The second-order valence-electron chi connectivity index (χ2n) is 3.13. The molecule has 1 N–H and O–H groups in total. The van der Waals surface area contributed by atoms with Crippen molar-refractivity contribution < 1.29 is 19.1 Å². The lowest BCUT2D eigenvalue weighted by molar-refractivity contribution is -0.142. The van der Waals surface area contributed by atoms with Gasteiger partial charge in [-0.05, 0) is 20.3 Å². The third kappa shape index (κ3) is 4.76. The van der Waals surface area contributed by atoms with Gasteiger partial charge >= 0.3 is 11.9 Å². The van der Waals surface area contributed by atoms with Crippen molar-refractivity contribution in [3.05, 3.63) is 11.3 Å². The Morgan fingerprint density at radius 2 is 1.59 bits per heavy atom. The second kappa shape index (κ2) is 8.43. The maximum Gasteiger partial charge on any atom is 0.359 e. The Kier molecular flexibility index (Phi) is 7.58. The Morgan fingerprint density at radius 3 is 2.00 bits per heavy atom. The molecular formula is C11H18N2O4. The molecular weight excluding hydrogens is 224 g/mol. The van der Waals surface area contributed by atoms with Crippen LogP contribution in [-0.2, 0) is 19.1 Å². The van der Waals surface area contributed by atoms with Crippen LogP contribution in [0.5, 0.6) is 0 Å².